The third-order valence-corrected chi connectivity index (χ3v) is 9.16. The van der Waals surface area contributed by atoms with Gasteiger partial charge in [-0.2, -0.15) is 0 Å². The van der Waals surface area contributed by atoms with Crippen LogP contribution < -0.4 is 14.4 Å². The van der Waals surface area contributed by atoms with Gasteiger partial charge in [0.05, 0.1) is 17.2 Å². The lowest BCUT2D eigenvalue weighted by molar-refractivity contribution is -0.140. The van der Waals surface area contributed by atoms with Crippen molar-refractivity contribution in [3.63, 3.8) is 0 Å². The minimum Gasteiger partial charge on any atom is -0.494 e. The minimum atomic E-state index is -4.17. The Hall–Kier alpha value is -3.27. The molecular formula is C31H37Cl2N3O5S. The first-order chi connectivity index (χ1) is 20.0. The molecule has 3 aromatic rings. The predicted molar refractivity (Wildman–Crippen MR) is 168 cm³/mol. The fraction of sp³-hybridized carbons (Fsp3) is 0.355. The van der Waals surface area contributed by atoms with Crippen LogP contribution in [-0.4, -0.2) is 50.4 Å². The summed E-state index contributed by atoms with van der Waals surface area (Å²) in [6.07, 6.45) is 1.01. The van der Waals surface area contributed by atoms with E-state index in [9.17, 15) is 18.0 Å². The smallest absolute Gasteiger partial charge is 0.264 e. The van der Waals surface area contributed by atoms with Gasteiger partial charge >= 0.3 is 0 Å². The van der Waals surface area contributed by atoms with Crippen molar-refractivity contribution in [2.24, 2.45) is 0 Å². The molecule has 0 saturated heterocycles. The van der Waals surface area contributed by atoms with Gasteiger partial charge in [-0.3, -0.25) is 13.9 Å². The number of nitrogens with one attached hydrogen (secondary N) is 1. The predicted octanol–water partition coefficient (Wildman–Crippen LogP) is 6.31. The molecule has 0 unspecified atom stereocenters. The van der Waals surface area contributed by atoms with Crippen LogP contribution in [0.3, 0.4) is 0 Å². The van der Waals surface area contributed by atoms with E-state index in [-0.39, 0.29) is 29.1 Å². The Kier molecular flexibility index (Phi) is 12.1. The van der Waals surface area contributed by atoms with Gasteiger partial charge in [-0.05, 0) is 80.8 Å². The lowest BCUT2D eigenvalue weighted by Gasteiger charge is -2.34. The summed E-state index contributed by atoms with van der Waals surface area (Å²) < 4.78 is 34.4. The summed E-state index contributed by atoms with van der Waals surface area (Å²) in [6, 6.07) is 18.3. The molecule has 8 nitrogen and oxygen atoms in total. The van der Waals surface area contributed by atoms with Crippen LogP contribution in [0.25, 0.3) is 0 Å². The zero-order valence-corrected chi connectivity index (χ0v) is 26.5. The highest BCUT2D eigenvalue weighted by Gasteiger charge is 2.34. The number of ether oxygens (including phenoxy) is 1. The fourth-order valence-corrected chi connectivity index (χ4v) is 6.22. The van der Waals surface area contributed by atoms with Crippen LogP contribution in [0.2, 0.25) is 10.0 Å². The molecule has 0 aromatic heterocycles. The molecule has 3 rings (SSSR count). The van der Waals surface area contributed by atoms with Crippen molar-refractivity contribution in [2.45, 2.75) is 64.1 Å². The molecule has 226 valence electrons. The molecule has 42 heavy (non-hydrogen) atoms. The van der Waals surface area contributed by atoms with Gasteiger partial charge in [-0.1, -0.05) is 61.3 Å². The van der Waals surface area contributed by atoms with Gasteiger partial charge in [0.2, 0.25) is 11.8 Å². The summed E-state index contributed by atoms with van der Waals surface area (Å²) in [7, 11) is -4.17. The monoisotopic (exact) mass is 633 g/mol. The molecule has 0 saturated carbocycles. The van der Waals surface area contributed by atoms with Gasteiger partial charge in [0, 0.05) is 22.6 Å². The average molecular weight is 635 g/mol. The molecular weight excluding hydrogens is 597 g/mol. The van der Waals surface area contributed by atoms with Crippen LogP contribution in [0.4, 0.5) is 5.69 Å². The van der Waals surface area contributed by atoms with Crippen LogP contribution in [0.5, 0.6) is 5.75 Å². The number of benzene rings is 3. The second kappa shape index (κ2) is 15.3. The van der Waals surface area contributed by atoms with Gasteiger partial charge in [0.1, 0.15) is 18.3 Å². The Morgan fingerprint density at radius 1 is 0.929 bits per heavy atom. The Morgan fingerprint density at radius 3 is 2.17 bits per heavy atom. The van der Waals surface area contributed by atoms with Crippen LogP contribution in [0.15, 0.2) is 77.7 Å². The summed E-state index contributed by atoms with van der Waals surface area (Å²) in [5.74, 6) is -0.333. The normalized spacial score (nSPS) is 12.7. The average Bonchev–Trinajstić information content (AvgIpc) is 2.97. The van der Waals surface area contributed by atoms with Crippen molar-refractivity contribution in [1.82, 2.24) is 10.2 Å². The molecule has 2 amide bonds. The van der Waals surface area contributed by atoms with Crippen LogP contribution >= 0.6 is 23.2 Å². The van der Waals surface area contributed by atoms with E-state index < -0.39 is 28.5 Å². The lowest BCUT2D eigenvalue weighted by Crippen LogP contribution is -2.53. The van der Waals surface area contributed by atoms with Gasteiger partial charge in [-0.15, -0.1) is 0 Å². The standard InChI is InChI=1S/C31H37Cl2N3O5S/c1-5-22(4)34-31(38)29(6-2)35(20-23-13-14-24(32)19-28(23)33)30(37)21-36(25-15-17-26(18-16-25)41-7-3)42(39,40)27-11-9-8-10-12-27/h8-19,22,29H,5-7,20-21H2,1-4H3,(H,34,38)/t22-,29-/m0/s1. The van der Waals surface area contributed by atoms with Crippen molar-refractivity contribution in [2.75, 3.05) is 17.5 Å². The molecule has 0 spiro atoms. The number of carbonyl (C=O) groups excluding carboxylic acids is 2. The van der Waals surface area contributed by atoms with E-state index >= 15 is 0 Å². The summed E-state index contributed by atoms with van der Waals surface area (Å²) in [6.45, 7) is 7.35. The van der Waals surface area contributed by atoms with Gasteiger partial charge < -0.3 is 15.0 Å². The maximum atomic E-state index is 14.2. The van der Waals surface area contributed by atoms with E-state index in [0.717, 1.165) is 4.31 Å². The third kappa shape index (κ3) is 8.40. The fourth-order valence-electron chi connectivity index (χ4n) is 4.32. The third-order valence-electron chi connectivity index (χ3n) is 6.79. The van der Waals surface area contributed by atoms with E-state index in [1.807, 2.05) is 20.8 Å². The van der Waals surface area contributed by atoms with Gasteiger partial charge in [0.15, 0.2) is 0 Å². The number of amides is 2. The summed E-state index contributed by atoms with van der Waals surface area (Å²) in [5.41, 5.74) is 0.847. The second-order valence-corrected chi connectivity index (χ2v) is 12.5. The molecule has 2 atom stereocenters. The van der Waals surface area contributed by atoms with Gasteiger partial charge in [0.25, 0.3) is 10.0 Å². The quantitative estimate of drug-likeness (QED) is 0.224. The van der Waals surface area contributed by atoms with Crippen LogP contribution in [-0.2, 0) is 26.2 Å². The van der Waals surface area contributed by atoms with E-state index in [4.69, 9.17) is 27.9 Å². The molecule has 0 heterocycles. The molecule has 0 aliphatic carbocycles. The Balaban J connectivity index is 2.07. The Labute approximate surface area is 258 Å². The molecule has 0 aliphatic heterocycles. The second-order valence-electron chi connectivity index (χ2n) is 9.75. The zero-order valence-electron chi connectivity index (χ0n) is 24.2. The number of carbonyl (C=O) groups is 2. The maximum absolute atomic E-state index is 14.2. The largest absolute Gasteiger partial charge is 0.494 e. The zero-order chi connectivity index (χ0) is 30.9. The van der Waals surface area contributed by atoms with Gasteiger partial charge in [-0.25, -0.2) is 8.42 Å². The van der Waals surface area contributed by atoms with Crippen LogP contribution in [0.1, 0.15) is 46.1 Å². The number of nitrogens with zero attached hydrogens (tertiary/aromatic N) is 2. The molecule has 0 bridgehead atoms. The number of halogens is 2. The van der Waals surface area contributed by atoms with Crippen molar-refractivity contribution >= 4 is 50.7 Å². The molecule has 0 radical (unpaired) electrons. The molecule has 11 heteroatoms. The van der Waals surface area contributed by atoms with Crippen molar-refractivity contribution in [1.29, 1.82) is 0 Å². The number of hydrogen-bond acceptors (Lipinski definition) is 5. The minimum absolute atomic E-state index is 0.0240. The highest BCUT2D eigenvalue weighted by Crippen LogP contribution is 2.28. The topological polar surface area (TPSA) is 96.0 Å². The molecule has 0 fully saturated rings. The highest BCUT2D eigenvalue weighted by atomic mass is 35.5. The molecule has 0 aliphatic rings. The maximum Gasteiger partial charge on any atom is 0.264 e. The summed E-state index contributed by atoms with van der Waals surface area (Å²) >= 11 is 12.6. The number of anilines is 1. The Morgan fingerprint density at radius 2 is 1.60 bits per heavy atom. The number of sulfonamides is 1. The first-order valence-electron chi connectivity index (χ1n) is 13.9. The van der Waals surface area contributed by atoms with Crippen LogP contribution in [0, 0.1) is 0 Å². The van der Waals surface area contributed by atoms with E-state index in [1.165, 1.54) is 17.0 Å². The lowest BCUT2D eigenvalue weighted by atomic mass is 10.1. The molecule has 1 N–H and O–H groups in total. The first kappa shape index (κ1) is 33.2. The first-order valence-corrected chi connectivity index (χ1v) is 16.1. The van der Waals surface area contributed by atoms with Crippen molar-refractivity contribution < 1.29 is 22.7 Å². The molecule has 3 aromatic carbocycles. The summed E-state index contributed by atoms with van der Waals surface area (Å²) in [5, 5.41) is 3.71. The number of rotatable bonds is 14. The summed E-state index contributed by atoms with van der Waals surface area (Å²) in [4.78, 5) is 29.0. The van der Waals surface area contributed by atoms with E-state index in [0.29, 0.717) is 40.8 Å². The van der Waals surface area contributed by atoms with Crippen molar-refractivity contribution in [3.8, 4) is 5.75 Å². The Bertz CT molecular complexity index is 1450. The SMILES string of the molecule is CCOc1ccc(N(CC(=O)N(Cc2ccc(Cl)cc2Cl)[C@@H](CC)C(=O)N[C@@H](C)CC)S(=O)(=O)c2ccccc2)cc1. The van der Waals surface area contributed by atoms with Crippen molar-refractivity contribution in [3.05, 3.63) is 88.4 Å². The van der Waals surface area contributed by atoms with E-state index in [1.54, 1.807) is 67.6 Å². The number of hydrogen-bond donors (Lipinski definition) is 1. The van der Waals surface area contributed by atoms with E-state index in [2.05, 4.69) is 5.32 Å². The highest BCUT2D eigenvalue weighted by molar-refractivity contribution is 7.92.